The van der Waals surface area contributed by atoms with Crippen LogP contribution in [-0.2, 0) is 6.54 Å². The van der Waals surface area contributed by atoms with E-state index in [-0.39, 0.29) is 0 Å². The molecule has 0 unspecified atom stereocenters. The Balaban J connectivity index is 1.83. The van der Waals surface area contributed by atoms with E-state index in [1.54, 1.807) is 6.07 Å². The molecule has 0 heterocycles. The molecule has 106 valence electrons. The molecular weight excluding hydrogens is 246 g/mol. The molecule has 0 saturated heterocycles. The minimum Gasteiger partial charge on any atom is -0.328 e. The second-order valence-electron chi connectivity index (χ2n) is 5.73. The zero-order chi connectivity index (χ0) is 13.8. The molecule has 2 N–H and O–H groups in total. The van der Waals surface area contributed by atoms with Gasteiger partial charge in [0.25, 0.3) is 0 Å². The fourth-order valence-corrected chi connectivity index (χ4v) is 2.83. The number of benzene rings is 1. The first-order valence-corrected chi connectivity index (χ1v) is 6.92. The van der Waals surface area contributed by atoms with Gasteiger partial charge in [-0.15, -0.1) is 0 Å². The van der Waals surface area contributed by atoms with E-state index in [4.69, 9.17) is 5.73 Å². The maximum Gasteiger partial charge on any atom is 0.159 e. The molecular formula is C15H22F2N2. The third-order valence-electron chi connectivity index (χ3n) is 3.90. The Kier molecular flexibility index (Phi) is 4.88. The molecule has 2 nitrogen and oxygen atoms in total. The molecule has 1 aromatic carbocycles. The molecule has 0 bridgehead atoms. The largest absolute Gasteiger partial charge is 0.328 e. The van der Waals surface area contributed by atoms with E-state index in [0.29, 0.717) is 18.5 Å². The van der Waals surface area contributed by atoms with Crippen molar-refractivity contribution in [2.45, 2.75) is 38.3 Å². The molecule has 2 rings (SSSR count). The van der Waals surface area contributed by atoms with Gasteiger partial charge in [-0.2, -0.15) is 0 Å². The third kappa shape index (κ3) is 4.25. The molecule has 19 heavy (non-hydrogen) atoms. The average molecular weight is 268 g/mol. The lowest BCUT2D eigenvalue weighted by Crippen LogP contribution is -2.32. The van der Waals surface area contributed by atoms with Crippen LogP contribution in [0.2, 0.25) is 0 Å². The Morgan fingerprint density at radius 1 is 1.16 bits per heavy atom. The summed E-state index contributed by atoms with van der Waals surface area (Å²) in [6.07, 6.45) is 4.54. The number of nitrogens with two attached hydrogens (primary N) is 1. The molecule has 0 spiro atoms. The van der Waals surface area contributed by atoms with Crippen molar-refractivity contribution in [2.75, 3.05) is 13.6 Å². The summed E-state index contributed by atoms with van der Waals surface area (Å²) in [6.45, 7) is 1.64. The average Bonchev–Trinajstić information content (AvgIpc) is 2.37. The van der Waals surface area contributed by atoms with Crippen molar-refractivity contribution in [3.8, 4) is 0 Å². The van der Waals surface area contributed by atoms with Gasteiger partial charge in [-0.3, -0.25) is 0 Å². The zero-order valence-electron chi connectivity index (χ0n) is 11.4. The topological polar surface area (TPSA) is 29.3 Å². The van der Waals surface area contributed by atoms with E-state index in [2.05, 4.69) is 4.90 Å². The predicted molar refractivity (Wildman–Crippen MR) is 72.6 cm³/mol. The molecule has 1 aliphatic carbocycles. The molecule has 0 amide bonds. The van der Waals surface area contributed by atoms with Crippen molar-refractivity contribution >= 4 is 0 Å². The summed E-state index contributed by atoms with van der Waals surface area (Å²) in [7, 11) is 2.02. The van der Waals surface area contributed by atoms with Gasteiger partial charge in [0.1, 0.15) is 0 Å². The van der Waals surface area contributed by atoms with Gasteiger partial charge in [0, 0.05) is 19.1 Å². The van der Waals surface area contributed by atoms with Crippen LogP contribution in [-0.4, -0.2) is 24.5 Å². The summed E-state index contributed by atoms with van der Waals surface area (Å²) in [5, 5.41) is 0. The third-order valence-corrected chi connectivity index (χ3v) is 3.90. The minimum atomic E-state index is -0.785. The van der Waals surface area contributed by atoms with E-state index < -0.39 is 11.6 Å². The number of hydrogen-bond acceptors (Lipinski definition) is 2. The quantitative estimate of drug-likeness (QED) is 0.909. The van der Waals surface area contributed by atoms with E-state index >= 15 is 0 Å². The highest BCUT2D eigenvalue weighted by Gasteiger charge is 2.19. The predicted octanol–water partition coefficient (Wildman–Crippen LogP) is 2.91. The highest BCUT2D eigenvalue weighted by molar-refractivity contribution is 5.17. The second kappa shape index (κ2) is 6.44. The van der Waals surface area contributed by atoms with Gasteiger partial charge in [-0.05, 0) is 56.3 Å². The van der Waals surface area contributed by atoms with Gasteiger partial charge in [0.05, 0.1) is 0 Å². The summed E-state index contributed by atoms with van der Waals surface area (Å²) < 4.78 is 26.0. The monoisotopic (exact) mass is 268 g/mol. The van der Waals surface area contributed by atoms with Gasteiger partial charge in [0.2, 0.25) is 0 Å². The van der Waals surface area contributed by atoms with Crippen molar-refractivity contribution in [1.82, 2.24) is 4.90 Å². The Bertz CT molecular complexity index is 415. The molecule has 4 heteroatoms. The standard InChI is InChI=1S/C15H22F2N2/c1-19(9-11-2-5-13(18)6-3-11)10-12-4-7-14(16)15(17)8-12/h4,7-8,11,13H,2-3,5-6,9-10,18H2,1H3. The van der Waals surface area contributed by atoms with Crippen molar-refractivity contribution in [3.63, 3.8) is 0 Å². The summed E-state index contributed by atoms with van der Waals surface area (Å²) in [4.78, 5) is 2.17. The summed E-state index contributed by atoms with van der Waals surface area (Å²) >= 11 is 0. The van der Waals surface area contributed by atoms with Crippen LogP contribution < -0.4 is 5.73 Å². The first-order valence-electron chi connectivity index (χ1n) is 6.92. The van der Waals surface area contributed by atoms with Gasteiger partial charge < -0.3 is 10.6 Å². The van der Waals surface area contributed by atoms with Gasteiger partial charge in [-0.25, -0.2) is 8.78 Å². The molecule has 1 fully saturated rings. The minimum absolute atomic E-state index is 0.368. The molecule has 1 aromatic rings. The fourth-order valence-electron chi connectivity index (χ4n) is 2.83. The zero-order valence-corrected chi connectivity index (χ0v) is 11.4. The Morgan fingerprint density at radius 3 is 2.47 bits per heavy atom. The molecule has 0 atom stereocenters. The Hall–Kier alpha value is -1.00. The maximum absolute atomic E-state index is 13.1. The normalized spacial score (nSPS) is 23.8. The van der Waals surface area contributed by atoms with Crippen LogP contribution in [0.15, 0.2) is 18.2 Å². The van der Waals surface area contributed by atoms with Crippen LogP contribution in [0.3, 0.4) is 0 Å². The number of rotatable bonds is 4. The van der Waals surface area contributed by atoms with Gasteiger partial charge in [0.15, 0.2) is 11.6 Å². The second-order valence-corrected chi connectivity index (χ2v) is 5.73. The summed E-state index contributed by atoms with van der Waals surface area (Å²) in [6, 6.07) is 4.49. The highest BCUT2D eigenvalue weighted by Crippen LogP contribution is 2.24. The van der Waals surface area contributed by atoms with E-state index in [0.717, 1.165) is 24.9 Å². The van der Waals surface area contributed by atoms with Crippen molar-refractivity contribution in [2.24, 2.45) is 11.7 Å². The number of nitrogens with zero attached hydrogens (tertiary/aromatic N) is 1. The van der Waals surface area contributed by atoms with Gasteiger partial charge >= 0.3 is 0 Å². The fraction of sp³-hybridized carbons (Fsp3) is 0.600. The lowest BCUT2D eigenvalue weighted by molar-refractivity contribution is 0.219. The van der Waals surface area contributed by atoms with Crippen LogP contribution in [0, 0.1) is 17.6 Å². The first-order chi connectivity index (χ1) is 9.04. The highest BCUT2D eigenvalue weighted by atomic mass is 19.2. The summed E-state index contributed by atoms with van der Waals surface area (Å²) in [5.74, 6) is -0.877. The summed E-state index contributed by atoms with van der Waals surface area (Å²) in [5.41, 5.74) is 6.71. The van der Waals surface area contributed by atoms with Crippen molar-refractivity contribution in [3.05, 3.63) is 35.4 Å². The van der Waals surface area contributed by atoms with Crippen LogP contribution >= 0.6 is 0 Å². The molecule has 1 aliphatic rings. The van der Waals surface area contributed by atoms with Crippen LogP contribution in [0.1, 0.15) is 31.2 Å². The molecule has 1 saturated carbocycles. The van der Waals surface area contributed by atoms with Crippen molar-refractivity contribution in [1.29, 1.82) is 0 Å². The molecule has 0 aromatic heterocycles. The van der Waals surface area contributed by atoms with Crippen molar-refractivity contribution < 1.29 is 8.78 Å². The smallest absolute Gasteiger partial charge is 0.159 e. The molecule has 0 radical (unpaired) electrons. The van der Waals surface area contributed by atoms with Crippen LogP contribution in [0.4, 0.5) is 8.78 Å². The first kappa shape index (κ1) is 14.4. The van der Waals surface area contributed by atoms with E-state index in [1.807, 2.05) is 7.05 Å². The van der Waals surface area contributed by atoms with Crippen LogP contribution in [0.5, 0.6) is 0 Å². The number of halogens is 2. The maximum atomic E-state index is 13.1. The number of hydrogen-bond donors (Lipinski definition) is 1. The van der Waals surface area contributed by atoms with E-state index in [1.165, 1.54) is 25.0 Å². The van der Waals surface area contributed by atoms with Crippen LogP contribution in [0.25, 0.3) is 0 Å². The lowest BCUT2D eigenvalue weighted by Gasteiger charge is -2.29. The molecule has 0 aliphatic heterocycles. The Morgan fingerprint density at radius 2 is 1.84 bits per heavy atom. The van der Waals surface area contributed by atoms with Gasteiger partial charge in [-0.1, -0.05) is 6.07 Å². The van der Waals surface area contributed by atoms with E-state index in [9.17, 15) is 8.78 Å². The Labute approximate surface area is 113 Å². The SMILES string of the molecule is CN(Cc1ccc(F)c(F)c1)CC1CCC(N)CC1. The lowest BCUT2D eigenvalue weighted by atomic mass is 9.86.